The first-order valence-electron chi connectivity index (χ1n) is 12.4. The zero-order valence-corrected chi connectivity index (χ0v) is 23.2. The molecule has 0 saturated carbocycles. The molecule has 6 atom stereocenters. The second-order valence-electron chi connectivity index (χ2n) is 11.3. The van der Waals surface area contributed by atoms with Gasteiger partial charge in [0.05, 0.1) is 16.6 Å². The molecular weight excluding hydrogens is 533 g/mol. The van der Waals surface area contributed by atoms with Crippen molar-refractivity contribution >= 4 is 34.8 Å². The first-order chi connectivity index (χ1) is 17.7. The number of carbonyl (C=O) groups excluding carboxylic acids is 1. The second kappa shape index (κ2) is 10.6. The van der Waals surface area contributed by atoms with E-state index >= 15 is 8.78 Å². The Bertz CT molecular complexity index is 1350. The lowest BCUT2D eigenvalue weighted by molar-refractivity contribution is -0.119. The standard InChI is InChI=1S/C28H32Cl2F2N4O2/c1-27(2,3)14-21-28(33,18-9-8-15(29)12-20(18)31)23(17-6-5-7-19(30)24(17)32)25(35-21)26(38)34-16-10-11-36(4)22(37)13-16/h5-13,17,21,23-25,35H,14,33H2,1-4H3,(H,34,38)/t17?,21-,23-,24-,25+,28+/m0/s1. The van der Waals surface area contributed by atoms with E-state index in [1.165, 1.54) is 41.1 Å². The van der Waals surface area contributed by atoms with Crippen molar-refractivity contribution in [1.29, 1.82) is 0 Å². The minimum absolute atomic E-state index is 0.0265. The van der Waals surface area contributed by atoms with Crippen LogP contribution < -0.4 is 21.9 Å². The maximum atomic E-state index is 15.7. The molecule has 1 aliphatic carbocycles. The highest BCUT2D eigenvalue weighted by molar-refractivity contribution is 6.30. The maximum absolute atomic E-state index is 15.7. The minimum Gasteiger partial charge on any atom is -0.324 e. The number of anilines is 1. The highest BCUT2D eigenvalue weighted by Crippen LogP contribution is 2.50. The van der Waals surface area contributed by atoms with Crippen LogP contribution in [-0.2, 0) is 17.4 Å². The number of aromatic nitrogens is 1. The second-order valence-corrected chi connectivity index (χ2v) is 12.2. The Morgan fingerprint density at radius 1 is 1.24 bits per heavy atom. The number of hydrogen-bond donors (Lipinski definition) is 3. The number of aryl methyl sites for hydroxylation is 1. The number of carbonyl (C=O) groups is 1. The van der Waals surface area contributed by atoms with E-state index in [0.29, 0.717) is 6.42 Å². The van der Waals surface area contributed by atoms with Gasteiger partial charge in [0.2, 0.25) is 5.91 Å². The molecule has 0 radical (unpaired) electrons. The molecule has 4 N–H and O–H groups in total. The van der Waals surface area contributed by atoms with Gasteiger partial charge in [-0.3, -0.25) is 9.59 Å². The van der Waals surface area contributed by atoms with Gasteiger partial charge in [-0.1, -0.05) is 62.2 Å². The zero-order chi connectivity index (χ0) is 28.0. The Labute approximate surface area is 230 Å². The van der Waals surface area contributed by atoms with Crippen LogP contribution in [0.1, 0.15) is 32.8 Å². The van der Waals surface area contributed by atoms with E-state index in [-0.39, 0.29) is 32.3 Å². The van der Waals surface area contributed by atoms with E-state index in [9.17, 15) is 9.59 Å². The van der Waals surface area contributed by atoms with Gasteiger partial charge in [0.25, 0.3) is 5.56 Å². The Morgan fingerprint density at radius 3 is 2.58 bits per heavy atom. The van der Waals surface area contributed by atoms with Crippen molar-refractivity contribution in [2.75, 3.05) is 5.32 Å². The molecule has 38 heavy (non-hydrogen) atoms. The quantitative estimate of drug-likeness (QED) is 0.476. The molecule has 1 fully saturated rings. The summed E-state index contributed by atoms with van der Waals surface area (Å²) in [6, 6.07) is 5.42. The Morgan fingerprint density at radius 2 is 1.95 bits per heavy atom. The molecule has 0 bridgehead atoms. The van der Waals surface area contributed by atoms with Crippen LogP contribution in [0.4, 0.5) is 14.5 Å². The molecule has 1 aliphatic heterocycles. The molecule has 2 aliphatic rings. The summed E-state index contributed by atoms with van der Waals surface area (Å²) in [6.45, 7) is 6.02. The van der Waals surface area contributed by atoms with Crippen LogP contribution in [0.5, 0.6) is 0 Å². The third kappa shape index (κ3) is 5.45. The van der Waals surface area contributed by atoms with E-state index < -0.39 is 47.4 Å². The fourth-order valence-electron chi connectivity index (χ4n) is 5.59. The molecule has 10 heteroatoms. The molecule has 2 aromatic rings. The van der Waals surface area contributed by atoms with Gasteiger partial charge in [-0.05, 0) is 36.1 Å². The van der Waals surface area contributed by atoms with Crippen molar-refractivity contribution < 1.29 is 13.6 Å². The molecule has 1 unspecified atom stereocenters. The molecule has 1 saturated heterocycles. The summed E-state index contributed by atoms with van der Waals surface area (Å²) in [5.74, 6) is -3.06. The summed E-state index contributed by atoms with van der Waals surface area (Å²) in [7, 11) is 1.59. The largest absolute Gasteiger partial charge is 0.324 e. The van der Waals surface area contributed by atoms with E-state index in [1.54, 1.807) is 25.3 Å². The predicted molar refractivity (Wildman–Crippen MR) is 147 cm³/mol. The number of pyridine rings is 1. The van der Waals surface area contributed by atoms with E-state index in [4.69, 9.17) is 28.9 Å². The fraction of sp³-hybridized carbons (Fsp3) is 0.429. The number of hydrogen-bond acceptors (Lipinski definition) is 4. The van der Waals surface area contributed by atoms with Crippen molar-refractivity contribution in [2.24, 2.45) is 30.0 Å². The highest BCUT2D eigenvalue weighted by Gasteiger charge is 2.60. The normalized spacial score (nSPS) is 29.3. The number of benzene rings is 1. The maximum Gasteiger partial charge on any atom is 0.252 e. The van der Waals surface area contributed by atoms with Gasteiger partial charge in [-0.25, -0.2) is 8.78 Å². The number of alkyl halides is 1. The zero-order valence-electron chi connectivity index (χ0n) is 21.6. The third-order valence-electron chi connectivity index (χ3n) is 7.34. The Hall–Kier alpha value is -2.52. The molecule has 0 spiro atoms. The lowest BCUT2D eigenvalue weighted by Crippen LogP contribution is -2.56. The molecule has 1 amide bonds. The summed E-state index contributed by atoms with van der Waals surface area (Å²) >= 11 is 12.3. The average Bonchev–Trinajstić information content (AvgIpc) is 3.09. The van der Waals surface area contributed by atoms with E-state index in [1.807, 2.05) is 20.8 Å². The molecule has 1 aromatic carbocycles. The van der Waals surface area contributed by atoms with Crippen LogP contribution in [-0.4, -0.2) is 28.7 Å². The molecular formula is C28H32Cl2F2N4O2. The summed E-state index contributed by atoms with van der Waals surface area (Å²) in [6.07, 6.45) is 5.02. The van der Waals surface area contributed by atoms with Gasteiger partial charge in [0.15, 0.2) is 0 Å². The lowest BCUT2D eigenvalue weighted by atomic mass is 9.65. The van der Waals surface area contributed by atoms with Crippen LogP contribution in [0.2, 0.25) is 5.02 Å². The van der Waals surface area contributed by atoms with E-state index in [2.05, 4.69) is 10.6 Å². The molecule has 2 heterocycles. The monoisotopic (exact) mass is 564 g/mol. The molecule has 1 aromatic heterocycles. The van der Waals surface area contributed by atoms with Crippen molar-refractivity contribution in [3.05, 3.63) is 86.5 Å². The van der Waals surface area contributed by atoms with Crippen molar-refractivity contribution in [3.8, 4) is 0 Å². The van der Waals surface area contributed by atoms with Gasteiger partial charge < -0.3 is 20.9 Å². The minimum atomic E-state index is -1.65. The van der Waals surface area contributed by atoms with Gasteiger partial charge in [0, 0.05) is 53.5 Å². The number of nitrogens with zero attached hydrogens (tertiary/aromatic N) is 1. The third-order valence-corrected chi connectivity index (χ3v) is 7.91. The Balaban J connectivity index is 1.86. The van der Waals surface area contributed by atoms with Crippen LogP contribution in [0.15, 0.2) is 64.6 Å². The Kier molecular flexibility index (Phi) is 7.92. The fourth-order valence-corrected chi connectivity index (χ4v) is 5.97. The number of nitrogens with one attached hydrogen (secondary N) is 2. The molecule has 6 nitrogen and oxygen atoms in total. The predicted octanol–water partition coefficient (Wildman–Crippen LogP) is 5.01. The highest BCUT2D eigenvalue weighted by atomic mass is 35.5. The van der Waals surface area contributed by atoms with Crippen LogP contribution in [0, 0.1) is 23.1 Å². The molecule has 4 rings (SSSR count). The number of allylic oxidation sites excluding steroid dienone is 4. The van der Waals surface area contributed by atoms with Crippen LogP contribution in [0.3, 0.4) is 0 Å². The SMILES string of the molecule is Cn1ccc(NC(=O)[C@@H]2N[C@@H](CC(C)(C)C)[C@](N)(c3ccc(Cl)cc3F)[C@H]2C2C=CC=C(Cl)[C@H]2F)cc1=O. The van der Waals surface area contributed by atoms with Crippen molar-refractivity contribution in [1.82, 2.24) is 9.88 Å². The number of halogens is 4. The first-order valence-corrected chi connectivity index (χ1v) is 13.1. The summed E-state index contributed by atoms with van der Waals surface area (Å²) < 4.78 is 32.6. The van der Waals surface area contributed by atoms with Gasteiger partial charge >= 0.3 is 0 Å². The van der Waals surface area contributed by atoms with E-state index in [0.717, 1.165) is 0 Å². The smallest absolute Gasteiger partial charge is 0.252 e. The summed E-state index contributed by atoms with van der Waals surface area (Å²) in [5, 5.41) is 6.25. The van der Waals surface area contributed by atoms with Gasteiger partial charge in [-0.15, -0.1) is 0 Å². The molecule has 204 valence electrons. The number of nitrogens with two attached hydrogens (primary N) is 1. The number of rotatable bonds is 5. The van der Waals surface area contributed by atoms with Gasteiger partial charge in [0.1, 0.15) is 12.0 Å². The first kappa shape index (κ1) is 28.5. The van der Waals surface area contributed by atoms with Gasteiger partial charge in [-0.2, -0.15) is 0 Å². The van der Waals surface area contributed by atoms with Crippen LogP contribution in [0.25, 0.3) is 0 Å². The average molecular weight is 565 g/mol. The van der Waals surface area contributed by atoms with Crippen LogP contribution >= 0.6 is 23.2 Å². The van der Waals surface area contributed by atoms with Crippen molar-refractivity contribution in [3.63, 3.8) is 0 Å². The summed E-state index contributed by atoms with van der Waals surface area (Å²) in [5.41, 5.74) is 5.49. The van der Waals surface area contributed by atoms with Crippen molar-refractivity contribution in [2.45, 2.75) is 51.0 Å². The lowest BCUT2D eigenvalue weighted by Gasteiger charge is -2.43. The summed E-state index contributed by atoms with van der Waals surface area (Å²) in [4.78, 5) is 25.9. The topological polar surface area (TPSA) is 89.2 Å². The number of amides is 1.